The zero-order valence-electron chi connectivity index (χ0n) is 17.7. The number of rotatable bonds is 11. The summed E-state index contributed by atoms with van der Waals surface area (Å²) in [5.74, 6) is 15.2. The average molecular weight is 385 g/mol. The molecule has 0 aliphatic carbocycles. The van der Waals surface area contributed by atoms with Gasteiger partial charge in [0.05, 0.1) is 7.11 Å². The number of esters is 1. The van der Waals surface area contributed by atoms with Crippen LogP contribution in [-0.2, 0) is 9.53 Å². The SMILES string of the molecule is COC(=O)CCCCCCCC#CC#CCCCC/C=C/C#C[Si](C)(C)C. The lowest BCUT2D eigenvalue weighted by Gasteiger charge is -2.02. The fourth-order valence-corrected chi connectivity index (χ4v) is 2.72. The van der Waals surface area contributed by atoms with Gasteiger partial charge in [0.25, 0.3) is 0 Å². The van der Waals surface area contributed by atoms with E-state index in [1.165, 1.54) is 13.5 Å². The van der Waals surface area contributed by atoms with E-state index in [1.807, 2.05) is 6.08 Å². The first kappa shape index (κ1) is 25.1. The van der Waals surface area contributed by atoms with Crippen molar-refractivity contribution in [1.29, 1.82) is 0 Å². The molecule has 0 unspecified atom stereocenters. The summed E-state index contributed by atoms with van der Waals surface area (Å²) >= 11 is 0. The maximum Gasteiger partial charge on any atom is 0.305 e. The Labute approximate surface area is 168 Å². The molecule has 0 amide bonds. The van der Waals surface area contributed by atoms with Gasteiger partial charge in [-0.3, -0.25) is 4.79 Å². The van der Waals surface area contributed by atoms with E-state index in [9.17, 15) is 4.79 Å². The third-order valence-electron chi connectivity index (χ3n) is 3.72. The lowest BCUT2D eigenvalue weighted by atomic mass is 10.1. The average Bonchev–Trinajstić information content (AvgIpc) is 2.62. The Hall–Kier alpha value is -1.89. The van der Waals surface area contributed by atoms with Crippen molar-refractivity contribution in [3.8, 4) is 35.1 Å². The molecule has 0 aromatic carbocycles. The van der Waals surface area contributed by atoms with Crippen LogP contribution >= 0.6 is 0 Å². The molecule has 0 aliphatic heterocycles. The maximum atomic E-state index is 11.0. The van der Waals surface area contributed by atoms with Crippen molar-refractivity contribution in [1.82, 2.24) is 0 Å². The van der Waals surface area contributed by atoms with Gasteiger partial charge in [0.15, 0.2) is 0 Å². The van der Waals surface area contributed by atoms with E-state index in [0.717, 1.165) is 57.8 Å². The molecule has 0 aromatic rings. The number of carbonyl (C=O) groups excluding carboxylic acids is 1. The minimum atomic E-state index is -1.23. The molecule has 148 valence electrons. The van der Waals surface area contributed by atoms with E-state index >= 15 is 0 Å². The van der Waals surface area contributed by atoms with Crippen molar-refractivity contribution in [3.05, 3.63) is 12.2 Å². The molecule has 0 aliphatic rings. The smallest absolute Gasteiger partial charge is 0.305 e. The van der Waals surface area contributed by atoms with Crippen molar-refractivity contribution in [3.63, 3.8) is 0 Å². The molecule has 0 rings (SSSR count). The highest BCUT2D eigenvalue weighted by atomic mass is 28.3. The second-order valence-corrected chi connectivity index (χ2v) is 12.4. The van der Waals surface area contributed by atoms with E-state index < -0.39 is 8.07 Å². The number of ether oxygens (including phenoxy) is 1. The van der Waals surface area contributed by atoms with Gasteiger partial charge in [-0.1, -0.05) is 62.7 Å². The molecule has 0 bridgehead atoms. The molecule has 0 spiro atoms. The predicted molar refractivity (Wildman–Crippen MR) is 119 cm³/mol. The number of hydrogen-bond acceptors (Lipinski definition) is 2. The van der Waals surface area contributed by atoms with Crippen LogP contribution in [0.1, 0.15) is 70.6 Å². The molecule has 0 fully saturated rings. The van der Waals surface area contributed by atoms with Crippen LogP contribution in [0.4, 0.5) is 0 Å². The lowest BCUT2D eigenvalue weighted by molar-refractivity contribution is -0.140. The topological polar surface area (TPSA) is 26.3 Å². The maximum absolute atomic E-state index is 11.0. The molecular formula is C24H36O2Si. The molecule has 0 saturated carbocycles. The van der Waals surface area contributed by atoms with E-state index in [1.54, 1.807) is 0 Å². The van der Waals surface area contributed by atoms with Gasteiger partial charge in [-0.25, -0.2) is 0 Å². The fourth-order valence-electron chi connectivity index (χ4n) is 2.20. The van der Waals surface area contributed by atoms with Gasteiger partial charge in [0.1, 0.15) is 8.07 Å². The van der Waals surface area contributed by atoms with E-state index in [-0.39, 0.29) is 5.97 Å². The Morgan fingerprint density at radius 3 is 2.11 bits per heavy atom. The second-order valence-electron chi connectivity index (χ2n) is 7.61. The Balaban J connectivity index is 3.50. The molecule has 0 saturated heterocycles. The van der Waals surface area contributed by atoms with Crippen molar-refractivity contribution >= 4 is 14.0 Å². The van der Waals surface area contributed by atoms with Crippen LogP contribution in [0, 0.1) is 35.1 Å². The summed E-state index contributed by atoms with van der Waals surface area (Å²) in [6, 6.07) is 0. The highest BCUT2D eigenvalue weighted by Crippen LogP contribution is 2.07. The summed E-state index contributed by atoms with van der Waals surface area (Å²) in [6.07, 6.45) is 15.3. The summed E-state index contributed by atoms with van der Waals surface area (Å²) < 4.78 is 4.62. The van der Waals surface area contributed by atoms with Crippen LogP contribution in [0.15, 0.2) is 12.2 Å². The molecule has 27 heavy (non-hydrogen) atoms. The van der Waals surface area contributed by atoms with Crippen LogP contribution in [0.2, 0.25) is 19.6 Å². The molecular weight excluding hydrogens is 348 g/mol. The first-order chi connectivity index (χ1) is 13.0. The van der Waals surface area contributed by atoms with Crippen molar-refractivity contribution < 1.29 is 9.53 Å². The Kier molecular flexibility index (Phi) is 16.3. The molecule has 0 atom stereocenters. The minimum absolute atomic E-state index is 0.109. The highest BCUT2D eigenvalue weighted by molar-refractivity contribution is 6.83. The molecule has 2 nitrogen and oxygen atoms in total. The molecule has 0 heterocycles. The standard InChI is InChI=1S/C24H36O2Si/c1-26-24(25)22-20-18-16-14-12-10-8-6-5-7-9-11-13-15-17-19-21-23-27(2,3)4/h17,19H,9-16,18,20,22H2,1-4H3/b19-17+. The molecule has 3 heteroatoms. The third-order valence-corrected chi connectivity index (χ3v) is 4.61. The van der Waals surface area contributed by atoms with Crippen LogP contribution < -0.4 is 0 Å². The fraction of sp³-hybridized carbons (Fsp3) is 0.625. The molecule has 0 radical (unpaired) electrons. The van der Waals surface area contributed by atoms with Gasteiger partial charge in [-0.2, -0.15) is 0 Å². The summed E-state index contributed by atoms with van der Waals surface area (Å²) in [5, 5.41) is 0. The number of unbranched alkanes of at least 4 members (excludes halogenated alkanes) is 8. The van der Waals surface area contributed by atoms with E-state index in [4.69, 9.17) is 0 Å². The number of carbonyl (C=O) groups is 1. The van der Waals surface area contributed by atoms with Gasteiger partial charge in [0, 0.05) is 19.3 Å². The molecule has 0 N–H and O–H groups in total. The first-order valence-electron chi connectivity index (χ1n) is 10.2. The van der Waals surface area contributed by atoms with E-state index in [0.29, 0.717) is 6.42 Å². The summed E-state index contributed by atoms with van der Waals surface area (Å²) in [5.41, 5.74) is 3.33. The quantitative estimate of drug-likeness (QED) is 0.192. The van der Waals surface area contributed by atoms with Crippen LogP contribution in [0.5, 0.6) is 0 Å². The monoisotopic (exact) mass is 384 g/mol. The first-order valence-corrected chi connectivity index (χ1v) is 13.7. The summed E-state index contributed by atoms with van der Waals surface area (Å²) in [7, 11) is 0.207. The van der Waals surface area contributed by atoms with Crippen molar-refractivity contribution in [2.24, 2.45) is 0 Å². The zero-order chi connectivity index (χ0) is 20.2. The largest absolute Gasteiger partial charge is 0.469 e. The Morgan fingerprint density at radius 2 is 1.48 bits per heavy atom. The zero-order valence-corrected chi connectivity index (χ0v) is 18.7. The lowest BCUT2D eigenvalue weighted by Crippen LogP contribution is -2.16. The summed E-state index contributed by atoms with van der Waals surface area (Å²) in [4.78, 5) is 11.0. The van der Waals surface area contributed by atoms with Crippen LogP contribution in [-0.4, -0.2) is 21.2 Å². The predicted octanol–water partition coefficient (Wildman–Crippen LogP) is 5.89. The van der Waals surface area contributed by atoms with Crippen LogP contribution in [0.3, 0.4) is 0 Å². The van der Waals surface area contributed by atoms with Gasteiger partial charge in [0.2, 0.25) is 0 Å². The Bertz CT molecular complexity index is 606. The molecule has 0 aromatic heterocycles. The normalized spacial score (nSPS) is 10.2. The van der Waals surface area contributed by atoms with Crippen molar-refractivity contribution in [2.75, 3.05) is 7.11 Å². The second kappa shape index (κ2) is 17.5. The summed E-state index contributed by atoms with van der Waals surface area (Å²) in [6.45, 7) is 6.77. The Morgan fingerprint density at radius 1 is 0.889 bits per heavy atom. The number of hydrogen-bond donors (Lipinski definition) is 0. The minimum Gasteiger partial charge on any atom is -0.469 e. The van der Waals surface area contributed by atoms with Gasteiger partial charge in [-0.05, 0) is 50.0 Å². The van der Waals surface area contributed by atoms with E-state index in [2.05, 4.69) is 65.6 Å². The van der Waals surface area contributed by atoms with Crippen molar-refractivity contribution in [2.45, 2.75) is 90.3 Å². The van der Waals surface area contributed by atoms with Gasteiger partial charge in [-0.15, -0.1) is 5.54 Å². The van der Waals surface area contributed by atoms with Gasteiger partial charge < -0.3 is 4.74 Å². The van der Waals surface area contributed by atoms with Gasteiger partial charge >= 0.3 is 5.97 Å². The third kappa shape index (κ3) is 22.1. The highest BCUT2D eigenvalue weighted by Gasteiger charge is 2.06. The number of methoxy groups -OCH3 is 1. The van der Waals surface area contributed by atoms with Crippen LogP contribution in [0.25, 0.3) is 0 Å². The number of allylic oxidation sites excluding steroid dienone is 2.